The lowest BCUT2D eigenvalue weighted by molar-refractivity contribution is 0.345. The van der Waals surface area contributed by atoms with Crippen molar-refractivity contribution >= 4 is 5.71 Å². The van der Waals surface area contributed by atoms with Gasteiger partial charge in [-0.05, 0) is 24.5 Å². The standard InChI is InChI=1S/C20H24N2O/c1-13(2)20-21-17(15-10-8-14(3)9-11-15)12-18(22-20)16-6-4-5-7-19(16)23/h4-11,13,18,20,22-23H,12H2,1-3H3/t18-,20+/m1/s1. The molecule has 1 aliphatic rings. The van der Waals surface area contributed by atoms with E-state index >= 15 is 0 Å². The van der Waals surface area contributed by atoms with Gasteiger partial charge in [0, 0.05) is 23.7 Å². The first-order valence-electron chi connectivity index (χ1n) is 8.22. The quantitative estimate of drug-likeness (QED) is 0.892. The zero-order valence-corrected chi connectivity index (χ0v) is 14.0. The molecule has 2 N–H and O–H groups in total. The van der Waals surface area contributed by atoms with Gasteiger partial charge in [-0.3, -0.25) is 10.3 Å². The van der Waals surface area contributed by atoms with Crippen LogP contribution < -0.4 is 5.32 Å². The minimum atomic E-state index is 0.0599. The smallest absolute Gasteiger partial charge is 0.120 e. The first-order chi connectivity index (χ1) is 11.0. The van der Waals surface area contributed by atoms with E-state index in [-0.39, 0.29) is 12.2 Å². The number of benzene rings is 2. The summed E-state index contributed by atoms with van der Waals surface area (Å²) in [7, 11) is 0. The second-order valence-corrected chi connectivity index (χ2v) is 6.61. The van der Waals surface area contributed by atoms with Gasteiger partial charge < -0.3 is 5.11 Å². The molecule has 0 bridgehead atoms. The van der Waals surface area contributed by atoms with Gasteiger partial charge in [-0.1, -0.05) is 61.9 Å². The van der Waals surface area contributed by atoms with E-state index in [9.17, 15) is 5.11 Å². The molecule has 120 valence electrons. The summed E-state index contributed by atoms with van der Waals surface area (Å²) in [5, 5.41) is 13.8. The molecule has 2 atom stereocenters. The van der Waals surface area contributed by atoms with Gasteiger partial charge >= 0.3 is 0 Å². The van der Waals surface area contributed by atoms with Crippen LogP contribution in [0.3, 0.4) is 0 Å². The Labute approximate surface area is 138 Å². The minimum Gasteiger partial charge on any atom is -0.508 e. The SMILES string of the molecule is Cc1ccc(C2=N[C@H](C(C)C)N[C@@H](c3ccccc3O)C2)cc1. The molecule has 0 fully saturated rings. The molecule has 1 aliphatic heterocycles. The Hall–Kier alpha value is -2.13. The lowest BCUT2D eigenvalue weighted by Crippen LogP contribution is -2.41. The largest absolute Gasteiger partial charge is 0.508 e. The highest BCUT2D eigenvalue weighted by molar-refractivity contribution is 6.01. The third-order valence-electron chi connectivity index (χ3n) is 4.39. The normalized spacial score (nSPS) is 21.3. The van der Waals surface area contributed by atoms with E-state index in [1.807, 2.05) is 18.2 Å². The molecule has 0 amide bonds. The van der Waals surface area contributed by atoms with E-state index in [4.69, 9.17) is 4.99 Å². The summed E-state index contributed by atoms with van der Waals surface area (Å²) in [5.74, 6) is 0.738. The van der Waals surface area contributed by atoms with Gasteiger partial charge in [-0.2, -0.15) is 0 Å². The van der Waals surface area contributed by atoms with Crippen molar-refractivity contribution in [3.63, 3.8) is 0 Å². The van der Waals surface area contributed by atoms with Crippen LogP contribution in [-0.4, -0.2) is 17.0 Å². The molecule has 3 nitrogen and oxygen atoms in total. The van der Waals surface area contributed by atoms with E-state index in [0.29, 0.717) is 11.7 Å². The van der Waals surface area contributed by atoms with E-state index in [1.165, 1.54) is 11.1 Å². The molecule has 23 heavy (non-hydrogen) atoms. The summed E-state index contributed by atoms with van der Waals surface area (Å²) in [6.07, 6.45) is 0.841. The predicted octanol–water partition coefficient (Wildman–Crippen LogP) is 4.21. The molecule has 0 aromatic heterocycles. The fraction of sp³-hybridized carbons (Fsp3) is 0.350. The monoisotopic (exact) mass is 308 g/mol. The Kier molecular flexibility index (Phi) is 4.49. The molecule has 3 rings (SSSR count). The average Bonchev–Trinajstić information content (AvgIpc) is 2.55. The highest BCUT2D eigenvalue weighted by Gasteiger charge is 2.27. The Bertz CT molecular complexity index is 704. The topological polar surface area (TPSA) is 44.6 Å². The van der Waals surface area contributed by atoms with Crippen molar-refractivity contribution in [1.82, 2.24) is 5.32 Å². The maximum Gasteiger partial charge on any atom is 0.120 e. The number of rotatable bonds is 3. The van der Waals surface area contributed by atoms with E-state index in [1.54, 1.807) is 6.07 Å². The lowest BCUT2D eigenvalue weighted by atomic mass is 9.93. The summed E-state index contributed by atoms with van der Waals surface area (Å²) in [6.45, 7) is 6.43. The van der Waals surface area contributed by atoms with Crippen LogP contribution in [0.1, 0.15) is 43.0 Å². The number of para-hydroxylation sites is 1. The summed E-state index contributed by atoms with van der Waals surface area (Å²) < 4.78 is 0. The number of aromatic hydroxyl groups is 1. The van der Waals surface area contributed by atoms with Crippen molar-refractivity contribution in [2.45, 2.75) is 39.4 Å². The fourth-order valence-electron chi connectivity index (χ4n) is 2.98. The predicted molar refractivity (Wildman–Crippen MR) is 94.9 cm³/mol. The van der Waals surface area contributed by atoms with Gasteiger partial charge in [0.25, 0.3) is 0 Å². The van der Waals surface area contributed by atoms with Crippen molar-refractivity contribution in [2.75, 3.05) is 0 Å². The van der Waals surface area contributed by atoms with E-state index in [2.05, 4.69) is 50.4 Å². The minimum absolute atomic E-state index is 0.0599. The maximum atomic E-state index is 10.2. The molecule has 3 heteroatoms. The molecular formula is C20H24N2O. The van der Waals surface area contributed by atoms with Crippen molar-refractivity contribution < 1.29 is 5.11 Å². The van der Waals surface area contributed by atoms with Crippen LogP contribution in [0.5, 0.6) is 5.75 Å². The Morgan fingerprint density at radius 2 is 1.78 bits per heavy atom. The van der Waals surface area contributed by atoms with Gasteiger partial charge in [-0.25, -0.2) is 0 Å². The highest BCUT2D eigenvalue weighted by Crippen LogP contribution is 2.31. The zero-order chi connectivity index (χ0) is 16.4. The molecule has 0 unspecified atom stereocenters. The van der Waals surface area contributed by atoms with Crippen LogP contribution in [0.4, 0.5) is 0 Å². The maximum absolute atomic E-state index is 10.2. The van der Waals surface area contributed by atoms with Crippen molar-refractivity contribution in [2.24, 2.45) is 10.9 Å². The number of nitrogens with one attached hydrogen (secondary N) is 1. The van der Waals surface area contributed by atoms with Gasteiger partial charge in [-0.15, -0.1) is 0 Å². The van der Waals surface area contributed by atoms with Gasteiger partial charge in [0.1, 0.15) is 11.9 Å². The van der Waals surface area contributed by atoms with Crippen LogP contribution in [-0.2, 0) is 0 Å². The number of hydrogen-bond acceptors (Lipinski definition) is 3. The second kappa shape index (κ2) is 6.55. The Balaban J connectivity index is 1.96. The number of phenols is 1. The van der Waals surface area contributed by atoms with Crippen molar-refractivity contribution in [1.29, 1.82) is 0 Å². The summed E-state index contributed by atoms with van der Waals surface area (Å²) >= 11 is 0. The van der Waals surface area contributed by atoms with E-state index < -0.39 is 0 Å². The van der Waals surface area contributed by atoms with Gasteiger partial charge in [0.2, 0.25) is 0 Å². The Morgan fingerprint density at radius 1 is 1.09 bits per heavy atom. The molecule has 0 spiro atoms. The lowest BCUT2D eigenvalue weighted by Gasteiger charge is -2.32. The van der Waals surface area contributed by atoms with Crippen LogP contribution in [0, 0.1) is 12.8 Å². The van der Waals surface area contributed by atoms with Crippen molar-refractivity contribution in [3.8, 4) is 5.75 Å². The summed E-state index contributed by atoms with van der Waals surface area (Å²) in [5.41, 5.74) is 4.47. The zero-order valence-electron chi connectivity index (χ0n) is 14.0. The number of nitrogens with zero attached hydrogens (tertiary/aromatic N) is 1. The highest BCUT2D eigenvalue weighted by atomic mass is 16.3. The molecule has 1 heterocycles. The molecule has 0 aliphatic carbocycles. The Morgan fingerprint density at radius 3 is 2.43 bits per heavy atom. The molecule has 0 radical (unpaired) electrons. The number of aliphatic imine (C=N–C) groups is 1. The molecule has 2 aromatic rings. The molecule has 0 saturated carbocycles. The molecule has 2 aromatic carbocycles. The average molecular weight is 308 g/mol. The number of phenolic OH excluding ortho intramolecular Hbond substituents is 1. The molecule has 0 saturated heterocycles. The van der Waals surface area contributed by atoms with Crippen LogP contribution in [0.15, 0.2) is 53.5 Å². The third-order valence-corrected chi connectivity index (χ3v) is 4.39. The first-order valence-corrected chi connectivity index (χ1v) is 8.22. The summed E-state index contributed by atoms with van der Waals surface area (Å²) in [4.78, 5) is 4.91. The second-order valence-electron chi connectivity index (χ2n) is 6.61. The van der Waals surface area contributed by atoms with Gasteiger partial charge in [0.05, 0.1) is 0 Å². The van der Waals surface area contributed by atoms with Gasteiger partial charge in [0.15, 0.2) is 0 Å². The first kappa shape index (κ1) is 15.8. The van der Waals surface area contributed by atoms with E-state index in [0.717, 1.165) is 17.7 Å². The number of aryl methyl sites for hydroxylation is 1. The number of hydrogen-bond donors (Lipinski definition) is 2. The van der Waals surface area contributed by atoms with Crippen LogP contribution in [0.25, 0.3) is 0 Å². The summed E-state index contributed by atoms with van der Waals surface area (Å²) in [6, 6.07) is 16.2. The van der Waals surface area contributed by atoms with Crippen LogP contribution >= 0.6 is 0 Å². The van der Waals surface area contributed by atoms with Crippen molar-refractivity contribution in [3.05, 3.63) is 65.2 Å². The fourth-order valence-corrected chi connectivity index (χ4v) is 2.98. The third kappa shape index (κ3) is 3.45. The van der Waals surface area contributed by atoms with Crippen LogP contribution in [0.2, 0.25) is 0 Å². The molecular weight excluding hydrogens is 284 g/mol.